The van der Waals surface area contributed by atoms with Gasteiger partial charge in [0, 0.05) is 36.1 Å². The molecule has 0 spiro atoms. The summed E-state index contributed by atoms with van der Waals surface area (Å²) in [6, 6.07) is 7.19. The highest BCUT2D eigenvalue weighted by Gasteiger charge is 2.22. The minimum atomic E-state index is -0.138. The van der Waals surface area contributed by atoms with E-state index in [-0.39, 0.29) is 11.8 Å². The van der Waals surface area contributed by atoms with Gasteiger partial charge < -0.3 is 15.5 Å². The van der Waals surface area contributed by atoms with E-state index >= 15 is 0 Å². The lowest BCUT2D eigenvalue weighted by atomic mass is 9.93. The second kappa shape index (κ2) is 9.79. The molecule has 0 aromatic heterocycles. The van der Waals surface area contributed by atoms with Gasteiger partial charge in [-0.05, 0) is 63.0 Å². The average molecular weight is 396 g/mol. The Morgan fingerprint density at radius 2 is 1.83 bits per heavy atom. The number of nitrogens with zero attached hydrogens (tertiary/aromatic N) is 1. The fourth-order valence-corrected chi connectivity index (χ4v) is 3.23. The van der Waals surface area contributed by atoms with Crippen molar-refractivity contribution < 1.29 is 9.59 Å². The molecule has 24 heavy (non-hydrogen) atoms. The Morgan fingerprint density at radius 1 is 1.17 bits per heavy atom. The van der Waals surface area contributed by atoms with E-state index in [4.69, 9.17) is 0 Å². The number of hydrogen-bond donors (Lipinski definition) is 2. The van der Waals surface area contributed by atoms with Crippen LogP contribution < -0.4 is 10.6 Å². The maximum atomic E-state index is 12.2. The van der Waals surface area contributed by atoms with Gasteiger partial charge in [-0.3, -0.25) is 9.59 Å². The molecule has 2 rings (SSSR count). The number of rotatable bonds is 7. The lowest BCUT2D eigenvalue weighted by Crippen LogP contribution is -2.40. The molecule has 0 unspecified atom stereocenters. The zero-order valence-corrected chi connectivity index (χ0v) is 15.8. The third-order valence-corrected chi connectivity index (χ3v) is 5.03. The van der Waals surface area contributed by atoms with Crippen LogP contribution in [0.2, 0.25) is 0 Å². The Labute approximate surface area is 152 Å². The number of carbonyl (C=O) groups excluding carboxylic acids is 2. The van der Waals surface area contributed by atoms with Crippen LogP contribution in [-0.2, 0) is 4.79 Å². The number of piperidine rings is 1. The van der Waals surface area contributed by atoms with E-state index in [0.29, 0.717) is 18.5 Å². The van der Waals surface area contributed by atoms with E-state index in [9.17, 15) is 9.59 Å². The maximum Gasteiger partial charge on any atom is 0.251 e. The van der Waals surface area contributed by atoms with Gasteiger partial charge in [0.15, 0.2) is 0 Å². The number of likely N-dealkylation sites (tertiary alicyclic amines) is 1. The number of carbonyl (C=O) groups is 2. The van der Waals surface area contributed by atoms with Crippen molar-refractivity contribution in [1.82, 2.24) is 15.5 Å². The molecule has 0 bridgehead atoms. The number of benzene rings is 1. The SMILES string of the molecule is CNCCC1CCN(C(=O)CCNC(=O)c2ccc(Br)cc2)CC1. The van der Waals surface area contributed by atoms with E-state index in [2.05, 4.69) is 26.6 Å². The zero-order valence-electron chi connectivity index (χ0n) is 14.2. The van der Waals surface area contributed by atoms with Crippen molar-refractivity contribution in [3.05, 3.63) is 34.3 Å². The number of nitrogens with one attached hydrogen (secondary N) is 2. The minimum Gasteiger partial charge on any atom is -0.352 e. The molecule has 0 radical (unpaired) electrons. The van der Waals surface area contributed by atoms with Gasteiger partial charge in [0.1, 0.15) is 0 Å². The standard InChI is InChI=1S/C18H26BrN3O2/c1-20-10-6-14-8-12-22(13-9-14)17(23)7-11-21-18(24)15-2-4-16(19)5-3-15/h2-5,14,20H,6-13H2,1H3,(H,21,24). The highest BCUT2D eigenvalue weighted by molar-refractivity contribution is 9.10. The molecule has 0 saturated carbocycles. The summed E-state index contributed by atoms with van der Waals surface area (Å²) in [6.07, 6.45) is 3.71. The first-order valence-corrected chi connectivity index (χ1v) is 9.35. The molecular formula is C18H26BrN3O2. The van der Waals surface area contributed by atoms with Crippen LogP contribution in [0, 0.1) is 5.92 Å². The molecule has 132 valence electrons. The summed E-state index contributed by atoms with van der Waals surface area (Å²) in [7, 11) is 1.97. The number of hydrogen-bond acceptors (Lipinski definition) is 3. The Kier molecular flexibility index (Phi) is 7.72. The van der Waals surface area contributed by atoms with Gasteiger partial charge >= 0.3 is 0 Å². The van der Waals surface area contributed by atoms with Gasteiger partial charge in [-0.1, -0.05) is 15.9 Å². The zero-order chi connectivity index (χ0) is 17.4. The predicted octanol–water partition coefficient (Wildman–Crippen LogP) is 2.42. The molecule has 1 heterocycles. The first-order valence-electron chi connectivity index (χ1n) is 8.56. The van der Waals surface area contributed by atoms with Gasteiger partial charge in [0.05, 0.1) is 0 Å². The second-order valence-corrected chi connectivity index (χ2v) is 7.14. The minimum absolute atomic E-state index is 0.137. The molecule has 0 aliphatic carbocycles. The van der Waals surface area contributed by atoms with E-state index < -0.39 is 0 Å². The lowest BCUT2D eigenvalue weighted by Gasteiger charge is -2.32. The number of halogens is 1. The summed E-state index contributed by atoms with van der Waals surface area (Å²) >= 11 is 3.34. The molecule has 2 N–H and O–H groups in total. The molecule has 6 heteroatoms. The third kappa shape index (κ3) is 5.91. The van der Waals surface area contributed by atoms with E-state index in [1.54, 1.807) is 12.1 Å². The van der Waals surface area contributed by atoms with Crippen molar-refractivity contribution in [2.45, 2.75) is 25.7 Å². The van der Waals surface area contributed by atoms with Crippen LogP contribution in [0.3, 0.4) is 0 Å². The molecule has 0 atom stereocenters. The van der Waals surface area contributed by atoms with Crippen LogP contribution in [-0.4, -0.2) is 49.9 Å². The van der Waals surface area contributed by atoms with Crippen molar-refractivity contribution >= 4 is 27.7 Å². The van der Waals surface area contributed by atoms with Gasteiger partial charge in [0.2, 0.25) is 5.91 Å². The van der Waals surface area contributed by atoms with Crippen molar-refractivity contribution in [2.75, 3.05) is 33.2 Å². The Hall–Kier alpha value is -1.40. The first-order chi connectivity index (χ1) is 11.6. The van der Waals surface area contributed by atoms with Gasteiger partial charge in [-0.2, -0.15) is 0 Å². The third-order valence-electron chi connectivity index (χ3n) is 4.50. The fourth-order valence-electron chi connectivity index (χ4n) is 2.96. The Balaban J connectivity index is 1.66. The molecule has 1 saturated heterocycles. The van der Waals surface area contributed by atoms with Crippen LogP contribution in [0.5, 0.6) is 0 Å². The van der Waals surface area contributed by atoms with Crippen LogP contribution in [0.4, 0.5) is 0 Å². The monoisotopic (exact) mass is 395 g/mol. The molecule has 1 aliphatic rings. The smallest absolute Gasteiger partial charge is 0.251 e. The van der Waals surface area contributed by atoms with Crippen molar-refractivity contribution in [1.29, 1.82) is 0 Å². The summed E-state index contributed by atoms with van der Waals surface area (Å²) in [5.41, 5.74) is 0.607. The summed E-state index contributed by atoms with van der Waals surface area (Å²) < 4.78 is 0.937. The lowest BCUT2D eigenvalue weighted by molar-refractivity contribution is -0.132. The van der Waals surface area contributed by atoms with Gasteiger partial charge in [-0.25, -0.2) is 0 Å². The quantitative estimate of drug-likeness (QED) is 0.744. The van der Waals surface area contributed by atoms with E-state index in [1.807, 2.05) is 24.1 Å². The second-order valence-electron chi connectivity index (χ2n) is 6.23. The van der Waals surface area contributed by atoms with E-state index in [1.165, 1.54) is 6.42 Å². The Morgan fingerprint density at radius 3 is 2.46 bits per heavy atom. The van der Waals surface area contributed by atoms with Crippen LogP contribution in [0.1, 0.15) is 36.0 Å². The largest absolute Gasteiger partial charge is 0.352 e. The van der Waals surface area contributed by atoms with Crippen molar-refractivity contribution in [2.24, 2.45) is 5.92 Å². The van der Waals surface area contributed by atoms with Crippen molar-refractivity contribution in [3.63, 3.8) is 0 Å². The predicted molar refractivity (Wildman–Crippen MR) is 98.9 cm³/mol. The first kappa shape index (κ1) is 18.9. The molecule has 1 aromatic carbocycles. The molecule has 2 amide bonds. The van der Waals surface area contributed by atoms with Crippen LogP contribution in [0.15, 0.2) is 28.7 Å². The molecule has 5 nitrogen and oxygen atoms in total. The molecular weight excluding hydrogens is 370 g/mol. The van der Waals surface area contributed by atoms with Gasteiger partial charge in [-0.15, -0.1) is 0 Å². The number of amides is 2. The van der Waals surface area contributed by atoms with Crippen LogP contribution >= 0.6 is 15.9 Å². The molecule has 1 aliphatic heterocycles. The summed E-state index contributed by atoms with van der Waals surface area (Å²) in [5.74, 6) is 0.720. The molecule has 1 aromatic rings. The fraction of sp³-hybridized carbons (Fsp3) is 0.556. The topological polar surface area (TPSA) is 61.4 Å². The normalized spacial score (nSPS) is 15.3. The summed E-state index contributed by atoms with van der Waals surface area (Å²) in [5, 5.41) is 6.00. The van der Waals surface area contributed by atoms with Gasteiger partial charge in [0.25, 0.3) is 5.91 Å². The van der Waals surface area contributed by atoms with Crippen molar-refractivity contribution in [3.8, 4) is 0 Å². The highest BCUT2D eigenvalue weighted by Crippen LogP contribution is 2.20. The average Bonchev–Trinajstić information content (AvgIpc) is 2.60. The maximum absolute atomic E-state index is 12.2. The summed E-state index contributed by atoms with van der Waals surface area (Å²) in [4.78, 5) is 26.2. The highest BCUT2D eigenvalue weighted by atomic mass is 79.9. The van der Waals surface area contributed by atoms with Crippen LogP contribution in [0.25, 0.3) is 0 Å². The van der Waals surface area contributed by atoms with E-state index in [0.717, 1.165) is 42.9 Å². The summed E-state index contributed by atoms with van der Waals surface area (Å²) in [6.45, 7) is 3.11. The Bertz CT molecular complexity index is 540. The molecule has 1 fully saturated rings.